The maximum absolute atomic E-state index is 12.7. The van der Waals surface area contributed by atoms with E-state index in [1.54, 1.807) is 0 Å². The number of aromatic nitrogens is 1. The standard InChI is InChI=1S/C18H18N2O9S/c1-28-17(24)12-9-19-16(18(25)29-2)15(12)20-30(26,27)11-5-3-10(4-6-11)13(21)7-8-14(22)23/h3-6,9,19-20H,7-8H2,1-2H3,(H,22,23). The Morgan fingerprint density at radius 1 is 1.00 bits per heavy atom. The molecular formula is C18H18N2O9S. The number of rotatable bonds is 9. The minimum Gasteiger partial charge on any atom is -0.481 e. The molecule has 0 spiro atoms. The quantitative estimate of drug-likeness (QED) is 0.387. The van der Waals surface area contributed by atoms with Crippen molar-refractivity contribution in [1.82, 2.24) is 4.98 Å². The molecule has 0 aliphatic heterocycles. The van der Waals surface area contributed by atoms with Crippen molar-refractivity contribution in [2.75, 3.05) is 18.9 Å². The smallest absolute Gasteiger partial charge is 0.356 e. The van der Waals surface area contributed by atoms with E-state index in [0.717, 1.165) is 32.5 Å². The molecule has 1 aromatic carbocycles. The Balaban J connectivity index is 2.34. The molecule has 1 heterocycles. The van der Waals surface area contributed by atoms with E-state index in [9.17, 15) is 27.6 Å². The fourth-order valence-electron chi connectivity index (χ4n) is 2.44. The van der Waals surface area contributed by atoms with Gasteiger partial charge < -0.3 is 19.6 Å². The van der Waals surface area contributed by atoms with Crippen molar-refractivity contribution in [2.24, 2.45) is 0 Å². The van der Waals surface area contributed by atoms with Gasteiger partial charge in [-0.3, -0.25) is 14.3 Å². The van der Waals surface area contributed by atoms with Crippen LogP contribution >= 0.6 is 0 Å². The lowest BCUT2D eigenvalue weighted by atomic mass is 10.1. The summed E-state index contributed by atoms with van der Waals surface area (Å²) in [5.41, 5.74) is -0.749. The van der Waals surface area contributed by atoms with Crippen LogP contribution in [0.1, 0.15) is 44.0 Å². The molecule has 0 saturated heterocycles. The van der Waals surface area contributed by atoms with E-state index in [1.165, 1.54) is 12.1 Å². The number of carboxylic acid groups (broad SMARTS) is 1. The number of ketones is 1. The molecule has 160 valence electrons. The van der Waals surface area contributed by atoms with Crippen molar-refractivity contribution in [2.45, 2.75) is 17.7 Å². The van der Waals surface area contributed by atoms with Crippen LogP contribution < -0.4 is 4.72 Å². The lowest BCUT2D eigenvalue weighted by molar-refractivity contribution is -0.136. The second kappa shape index (κ2) is 9.22. The number of nitrogens with one attached hydrogen (secondary N) is 2. The molecule has 0 bridgehead atoms. The summed E-state index contributed by atoms with van der Waals surface area (Å²) in [5.74, 6) is -3.39. The third-order valence-corrected chi connectivity index (χ3v) is 5.33. The van der Waals surface area contributed by atoms with Crippen LogP contribution in [-0.4, -0.2) is 56.4 Å². The average Bonchev–Trinajstić information content (AvgIpc) is 3.13. The van der Waals surface area contributed by atoms with Crippen LogP contribution in [0.25, 0.3) is 0 Å². The molecule has 3 N–H and O–H groups in total. The number of esters is 2. The Labute approximate surface area is 171 Å². The van der Waals surface area contributed by atoms with Crippen molar-refractivity contribution in [3.8, 4) is 0 Å². The molecule has 0 amide bonds. The first-order valence-electron chi connectivity index (χ1n) is 8.36. The number of carbonyl (C=O) groups excluding carboxylic acids is 3. The maximum Gasteiger partial charge on any atom is 0.356 e. The van der Waals surface area contributed by atoms with E-state index in [2.05, 4.69) is 19.2 Å². The number of sulfonamides is 1. The van der Waals surface area contributed by atoms with E-state index >= 15 is 0 Å². The van der Waals surface area contributed by atoms with E-state index in [4.69, 9.17) is 5.11 Å². The number of benzene rings is 1. The summed E-state index contributed by atoms with van der Waals surface area (Å²) in [6.07, 6.45) is 0.523. The highest BCUT2D eigenvalue weighted by Crippen LogP contribution is 2.26. The van der Waals surface area contributed by atoms with E-state index in [0.29, 0.717) is 0 Å². The summed E-state index contributed by atoms with van der Waals surface area (Å²) < 4.78 is 36.8. The van der Waals surface area contributed by atoms with Gasteiger partial charge >= 0.3 is 17.9 Å². The topological polar surface area (TPSA) is 169 Å². The predicted molar refractivity (Wildman–Crippen MR) is 102 cm³/mol. The largest absolute Gasteiger partial charge is 0.481 e. The van der Waals surface area contributed by atoms with Gasteiger partial charge in [0.05, 0.1) is 31.2 Å². The highest BCUT2D eigenvalue weighted by molar-refractivity contribution is 7.92. The van der Waals surface area contributed by atoms with Gasteiger partial charge in [0, 0.05) is 18.2 Å². The number of Topliss-reactive ketones (excluding diaryl/α,β-unsaturated/α-hetero) is 1. The van der Waals surface area contributed by atoms with E-state index < -0.39 is 33.7 Å². The van der Waals surface area contributed by atoms with Crippen molar-refractivity contribution in [3.63, 3.8) is 0 Å². The number of aromatic amines is 1. The number of aliphatic carboxylic acids is 1. The van der Waals surface area contributed by atoms with Gasteiger partial charge in [0.2, 0.25) is 0 Å². The van der Waals surface area contributed by atoms with Crippen molar-refractivity contribution in [3.05, 3.63) is 47.3 Å². The van der Waals surface area contributed by atoms with Crippen LogP contribution in [-0.2, 0) is 24.3 Å². The van der Waals surface area contributed by atoms with Crippen molar-refractivity contribution < 1.29 is 42.2 Å². The van der Waals surface area contributed by atoms with E-state index in [-0.39, 0.29) is 40.2 Å². The summed E-state index contributed by atoms with van der Waals surface area (Å²) in [4.78, 5) is 48.5. The van der Waals surface area contributed by atoms with Crippen LogP contribution in [0.4, 0.5) is 5.69 Å². The SMILES string of the molecule is COC(=O)c1c[nH]c(C(=O)OC)c1NS(=O)(=O)c1ccc(C(=O)CCC(=O)O)cc1. The molecule has 1 aromatic heterocycles. The molecule has 0 atom stereocenters. The van der Waals surface area contributed by atoms with E-state index in [1.807, 2.05) is 0 Å². The van der Waals surface area contributed by atoms with Crippen molar-refractivity contribution in [1.29, 1.82) is 0 Å². The zero-order valence-corrected chi connectivity index (χ0v) is 16.7. The number of anilines is 1. The zero-order chi connectivity index (χ0) is 22.5. The first-order chi connectivity index (χ1) is 14.1. The molecule has 0 radical (unpaired) electrons. The summed E-state index contributed by atoms with van der Waals surface area (Å²) in [5, 5.41) is 8.63. The summed E-state index contributed by atoms with van der Waals surface area (Å²) in [6, 6.07) is 4.74. The van der Waals surface area contributed by atoms with Gasteiger partial charge in [-0.05, 0) is 12.1 Å². The van der Waals surface area contributed by atoms with Crippen LogP contribution in [0.15, 0.2) is 35.4 Å². The fraction of sp³-hybridized carbons (Fsp3) is 0.222. The van der Waals surface area contributed by atoms with Gasteiger partial charge in [-0.25, -0.2) is 18.0 Å². The fourth-order valence-corrected chi connectivity index (χ4v) is 3.53. The molecule has 0 aliphatic carbocycles. The second-order valence-electron chi connectivity index (χ2n) is 5.88. The number of methoxy groups -OCH3 is 2. The van der Waals surface area contributed by atoms with Crippen LogP contribution in [0.3, 0.4) is 0 Å². The molecule has 2 rings (SSSR count). The Bertz CT molecular complexity index is 1050. The average molecular weight is 438 g/mol. The summed E-state index contributed by atoms with van der Waals surface area (Å²) in [6.45, 7) is 0. The normalized spacial score (nSPS) is 10.9. The molecule has 0 saturated carbocycles. The van der Waals surface area contributed by atoms with Gasteiger partial charge in [0.25, 0.3) is 10.0 Å². The minimum absolute atomic E-state index is 0.141. The number of H-pyrrole nitrogens is 1. The number of ether oxygens (including phenoxy) is 2. The van der Waals surface area contributed by atoms with Gasteiger partial charge in [0.15, 0.2) is 5.78 Å². The molecule has 30 heavy (non-hydrogen) atoms. The first kappa shape index (κ1) is 22.6. The second-order valence-corrected chi connectivity index (χ2v) is 7.56. The Morgan fingerprint density at radius 2 is 1.60 bits per heavy atom. The van der Waals surface area contributed by atoms with Crippen LogP contribution in [0.2, 0.25) is 0 Å². The number of hydrogen-bond acceptors (Lipinski definition) is 8. The molecule has 0 unspecified atom stereocenters. The van der Waals surface area contributed by atoms with Gasteiger partial charge in [-0.1, -0.05) is 12.1 Å². The highest BCUT2D eigenvalue weighted by Gasteiger charge is 2.27. The monoisotopic (exact) mass is 438 g/mol. The number of carbonyl (C=O) groups is 4. The van der Waals surface area contributed by atoms with Crippen molar-refractivity contribution >= 4 is 39.4 Å². The molecule has 0 fully saturated rings. The van der Waals surface area contributed by atoms with Crippen LogP contribution in [0.5, 0.6) is 0 Å². The minimum atomic E-state index is -4.27. The third kappa shape index (κ3) is 5.03. The lowest BCUT2D eigenvalue weighted by Gasteiger charge is -2.11. The van der Waals surface area contributed by atoms with Crippen LogP contribution in [0, 0.1) is 0 Å². The molecule has 2 aromatic rings. The summed E-state index contributed by atoms with van der Waals surface area (Å²) in [7, 11) is -2.10. The maximum atomic E-state index is 12.7. The molecule has 0 aliphatic rings. The van der Waals surface area contributed by atoms with Gasteiger partial charge in [0.1, 0.15) is 11.3 Å². The Hall–Kier alpha value is -3.67. The van der Waals surface area contributed by atoms with Gasteiger partial charge in [-0.15, -0.1) is 0 Å². The Morgan fingerprint density at radius 3 is 2.13 bits per heavy atom. The number of hydrogen-bond donors (Lipinski definition) is 3. The Kier molecular flexibility index (Phi) is 6.95. The third-order valence-electron chi connectivity index (χ3n) is 3.96. The number of carboxylic acids is 1. The molecule has 11 nitrogen and oxygen atoms in total. The summed E-state index contributed by atoms with van der Waals surface area (Å²) >= 11 is 0. The molecule has 12 heteroatoms. The zero-order valence-electron chi connectivity index (χ0n) is 15.9. The van der Waals surface area contributed by atoms with Gasteiger partial charge in [-0.2, -0.15) is 0 Å². The first-order valence-corrected chi connectivity index (χ1v) is 9.85. The predicted octanol–water partition coefficient (Wildman–Crippen LogP) is 1.44. The molecular weight excluding hydrogens is 420 g/mol. The highest BCUT2D eigenvalue weighted by atomic mass is 32.2. The lowest BCUT2D eigenvalue weighted by Crippen LogP contribution is -2.18.